The molecule has 0 unspecified atom stereocenters. The standard InChI is InChI=1S/2C7H4N2O6.C2H8N2.Zn/c2*10-7(11)4-1-5(8(12)13)3-6(2-4)9(14)15;3-1-2-4;/h2*1-3H,(H,10,11);1-4H2;/q;;;+2/p-2. The van der Waals surface area contributed by atoms with E-state index in [1.54, 1.807) is 0 Å². The fraction of sp³-hybridized carbons (Fsp3) is 0.125. The fourth-order valence-electron chi connectivity index (χ4n) is 1.85. The number of hydrogen-bond donors (Lipinski definition) is 2. The minimum atomic E-state index is -1.71. The molecule has 0 atom stereocenters. The first kappa shape index (κ1) is 32.7. The number of nitrogens with zero attached hydrogens (tertiary/aromatic N) is 4. The summed E-state index contributed by atoms with van der Waals surface area (Å²) in [5.74, 6) is -3.41. The van der Waals surface area contributed by atoms with Crippen molar-refractivity contribution in [2.45, 2.75) is 0 Å². The zero-order chi connectivity index (χ0) is 26.6. The number of nitro groups is 4. The first-order valence-electron chi connectivity index (χ1n) is 8.45. The third kappa shape index (κ3) is 11.3. The number of nitrogens with two attached hydrogens (primary N) is 2. The van der Waals surface area contributed by atoms with Crippen molar-refractivity contribution in [1.29, 1.82) is 0 Å². The van der Waals surface area contributed by atoms with Gasteiger partial charge in [0.2, 0.25) is 0 Å². The molecule has 0 saturated heterocycles. The van der Waals surface area contributed by atoms with Crippen molar-refractivity contribution < 1.29 is 59.0 Å². The van der Waals surface area contributed by atoms with Crippen molar-refractivity contribution in [3.05, 3.63) is 88.0 Å². The van der Waals surface area contributed by atoms with Crippen molar-refractivity contribution in [3.8, 4) is 0 Å². The van der Waals surface area contributed by atoms with Crippen molar-refractivity contribution in [2.75, 3.05) is 13.1 Å². The molecule has 0 aliphatic rings. The van der Waals surface area contributed by atoms with Gasteiger partial charge in [-0.1, -0.05) is 0 Å². The van der Waals surface area contributed by atoms with Gasteiger partial charge in [-0.2, -0.15) is 0 Å². The van der Waals surface area contributed by atoms with Gasteiger partial charge in [-0.3, -0.25) is 40.5 Å². The molecule has 182 valence electrons. The number of carboxylic acids is 2. The number of carboxylic acid groups (broad SMARTS) is 2. The Bertz CT molecular complexity index is 881. The largest absolute Gasteiger partial charge is 2.00 e. The Morgan fingerprint density at radius 3 is 0.886 bits per heavy atom. The molecule has 0 aromatic heterocycles. The predicted molar refractivity (Wildman–Crippen MR) is 106 cm³/mol. The summed E-state index contributed by atoms with van der Waals surface area (Å²) >= 11 is 0. The van der Waals surface area contributed by atoms with E-state index in [2.05, 4.69) is 0 Å². The van der Waals surface area contributed by atoms with Crippen LogP contribution >= 0.6 is 0 Å². The zero-order valence-electron chi connectivity index (χ0n) is 17.4. The van der Waals surface area contributed by atoms with Gasteiger partial charge in [0, 0.05) is 48.5 Å². The Morgan fingerprint density at radius 1 is 0.571 bits per heavy atom. The summed E-state index contributed by atoms with van der Waals surface area (Å²) in [7, 11) is 0. The predicted octanol–water partition coefficient (Wildman–Crippen LogP) is -1.37. The van der Waals surface area contributed by atoms with Crippen LogP contribution in [0.2, 0.25) is 0 Å². The van der Waals surface area contributed by atoms with E-state index in [1.165, 1.54) is 0 Å². The van der Waals surface area contributed by atoms with Crippen LogP contribution in [-0.2, 0) is 19.5 Å². The van der Waals surface area contributed by atoms with Crippen LogP contribution in [-0.4, -0.2) is 44.7 Å². The van der Waals surface area contributed by atoms with E-state index in [0.29, 0.717) is 49.5 Å². The van der Waals surface area contributed by atoms with Crippen molar-refractivity contribution in [1.82, 2.24) is 0 Å². The minimum absolute atomic E-state index is 0. The number of carbonyl (C=O) groups excluding carboxylic acids is 2. The van der Waals surface area contributed by atoms with Crippen LogP contribution in [0.4, 0.5) is 22.7 Å². The molecule has 2 rings (SSSR count). The number of benzene rings is 2. The Morgan fingerprint density at radius 2 is 0.771 bits per heavy atom. The van der Waals surface area contributed by atoms with Crippen molar-refractivity contribution >= 4 is 34.7 Å². The fourth-order valence-corrected chi connectivity index (χ4v) is 1.85. The van der Waals surface area contributed by atoms with E-state index >= 15 is 0 Å². The van der Waals surface area contributed by atoms with Gasteiger partial charge in [-0.05, 0) is 0 Å². The average Bonchev–Trinajstić information content (AvgIpc) is 2.78. The molecular formula is C16H14N6O12Zn. The Hall–Kier alpha value is -4.48. The van der Waals surface area contributed by atoms with Gasteiger partial charge in [0.1, 0.15) is 0 Å². The second kappa shape index (κ2) is 15.4. The Labute approximate surface area is 206 Å². The maximum absolute atomic E-state index is 10.4. The van der Waals surface area contributed by atoms with Gasteiger partial charge >= 0.3 is 19.5 Å². The number of aromatic carboxylic acids is 2. The minimum Gasteiger partial charge on any atom is -0.545 e. The summed E-state index contributed by atoms with van der Waals surface area (Å²) in [4.78, 5) is 58.4. The van der Waals surface area contributed by atoms with Crippen molar-refractivity contribution in [3.63, 3.8) is 0 Å². The summed E-state index contributed by atoms with van der Waals surface area (Å²) in [6.07, 6.45) is 0. The SMILES string of the molecule is NCCN.O=C([O-])c1cc([N+](=O)[O-])cc([N+](=O)[O-])c1.O=C([O-])c1cc([N+](=O)[O-])cc([N+](=O)[O-])c1.[Zn+2]. The third-order valence-corrected chi connectivity index (χ3v) is 3.29. The van der Waals surface area contributed by atoms with E-state index in [0.717, 1.165) is 0 Å². The zero-order valence-corrected chi connectivity index (χ0v) is 20.4. The molecule has 2 aromatic rings. The van der Waals surface area contributed by atoms with E-state index < -0.39 is 65.5 Å². The van der Waals surface area contributed by atoms with E-state index in [9.17, 15) is 60.3 Å². The van der Waals surface area contributed by atoms with Gasteiger partial charge in [-0.25, -0.2) is 0 Å². The third-order valence-electron chi connectivity index (χ3n) is 3.29. The summed E-state index contributed by atoms with van der Waals surface area (Å²) in [5.41, 5.74) is 5.95. The quantitative estimate of drug-likeness (QED) is 0.229. The molecule has 18 nitrogen and oxygen atoms in total. The second-order valence-electron chi connectivity index (χ2n) is 5.66. The van der Waals surface area contributed by atoms with Crippen molar-refractivity contribution in [2.24, 2.45) is 11.5 Å². The smallest absolute Gasteiger partial charge is 0.545 e. The van der Waals surface area contributed by atoms with Gasteiger partial charge in [0.05, 0.1) is 43.8 Å². The summed E-state index contributed by atoms with van der Waals surface area (Å²) in [5, 5.41) is 62.1. The van der Waals surface area contributed by atoms with E-state index in [1.807, 2.05) is 0 Å². The topological polar surface area (TPSA) is 305 Å². The molecule has 0 aliphatic carbocycles. The molecule has 0 bridgehead atoms. The molecule has 0 aliphatic heterocycles. The number of non-ortho nitro benzene ring substituents is 4. The normalized spacial score (nSPS) is 9.09. The number of nitro benzene ring substituents is 4. The Balaban J connectivity index is 0. The summed E-state index contributed by atoms with van der Waals surface area (Å²) in [6.45, 7) is 1.19. The van der Waals surface area contributed by atoms with Gasteiger partial charge in [0.15, 0.2) is 0 Å². The molecule has 0 heterocycles. The molecule has 2 aromatic carbocycles. The summed E-state index contributed by atoms with van der Waals surface area (Å²) < 4.78 is 0. The molecule has 0 radical (unpaired) electrons. The second-order valence-corrected chi connectivity index (χ2v) is 5.66. The van der Waals surface area contributed by atoms with E-state index in [4.69, 9.17) is 11.5 Å². The van der Waals surface area contributed by atoms with Gasteiger partial charge < -0.3 is 31.3 Å². The Kier molecular flexibility index (Phi) is 14.4. The first-order chi connectivity index (χ1) is 15.7. The molecule has 19 heteroatoms. The van der Waals surface area contributed by atoms with E-state index in [-0.39, 0.29) is 19.5 Å². The first-order valence-corrected chi connectivity index (χ1v) is 8.45. The maximum atomic E-state index is 10.4. The maximum Gasteiger partial charge on any atom is 2.00 e. The summed E-state index contributed by atoms with van der Waals surface area (Å²) in [6, 6.07) is 4.13. The molecule has 0 fully saturated rings. The molecule has 4 N–H and O–H groups in total. The van der Waals surface area contributed by atoms with Gasteiger partial charge in [-0.15, -0.1) is 0 Å². The monoisotopic (exact) mass is 546 g/mol. The molecule has 0 amide bonds. The molecule has 0 spiro atoms. The van der Waals surface area contributed by atoms with Crippen LogP contribution in [0.25, 0.3) is 0 Å². The molecule has 35 heavy (non-hydrogen) atoms. The van der Waals surface area contributed by atoms with Crippen LogP contribution in [0.3, 0.4) is 0 Å². The van der Waals surface area contributed by atoms with Crippen LogP contribution in [0.1, 0.15) is 20.7 Å². The van der Waals surface area contributed by atoms with Gasteiger partial charge in [0.25, 0.3) is 22.7 Å². The average molecular weight is 548 g/mol. The van der Waals surface area contributed by atoms with Crippen LogP contribution in [0.15, 0.2) is 36.4 Å². The van der Waals surface area contributed by atoms with Crippen LogP contribution in [0, 0.1) is 40.5 Å². The number of hydrogen-bond acceptors (Lipinski definition) is 14. The van der Waals surface area contributed by atoms with Crippen LogP contribution < -0.4 is 21.7 Å². The van der Waals surface area contributed by atoms with Crippen LogP contribution in [0.5, 0.6) is 0 Å². The molecule has 0 saturated carbocycles. The molecular weight excluding hydrogens is 534 g/mol. The number of carbonyl (C=O) groups is 2. The number of rotatable bonds is 7.